The lowest BCUT2D eigenvalue weighted by molar-refractivity contribution is 0.195. The Hall–Kier alpha value is -2.18. The molecule has 1 aromatic carbocycles. The molecule has 2 aliphatic heterocycles. The number of hydrogen-bond acceptors (Lipinski definition) is 6. The molecule has 2 aromatic rings. The number of nitrogens with one attached hydrogen (secondary N) is 1. The molecule has 1 atom stereocenters. The Kier molecular flexibility index (Phi) is 5.32. The number of ether oxygens (including phenoxy) is 2. The minimum Gasteiger partial charge on any atom is -0.497 e. The molecular formula is C20H26N4O2. The molecule has 0 bridgehead atoms. The van der Waals surface area contributed by atoms with E-state index in [1.165, 1.54) is 16.8 Å². The van der Waals surface area contributed by atoms with Crippen molar-refractivity contribution in [2.24, 2.45) is 0 Å². The molecule has 6 heteroatoms. The fourth-order valence-electron chi connectivity index (χ4n) is 3.73. The quantitative estimate of drug-likeness (QED) is 0.889. The zero-order valence-corrected chi connectivity index (χ0v) is 15.3. The summed E-state index contributed by atoms with van der Waals surface area (Å²) in [6.07, 6.45) is 4.66. The van der Waals surface area contributed by atoms with E-state index in [0.29, 0.717) is 6.04 Å². The van der Waals surface area contributed by atoms with Crippen molar-refractivity contribution in [3.63, 3.8) is 0 Å². The number of anilines is 1. The molecule has 0 unspecified atom stereocenters. The lowest BCUT2D eigenvalue weighted by Crippen LogP contribution is -2.26. The van der Waals surface area contributed by atoms with Crippen LogP contribution in [-0.2, 0) is 24.1 Å². The van der Waals surface area contributed by atoms with E-state index in [0.717, 1.165) is 63.7 Å². The minimum atomic E-state index is 0.366. The average molecular weight is 354 g/mol. The summed E-state index contributed by atoms with van der Waals surface area (Å²) >= 11 is 0. The number of aromatic nitrogens is 2. The largest absolute Gasteiger partial charge is 0.497 e. The van der Waals surface area contributed by atoms with Crippen LogP contribution >= 0.6 is 0 Å². The van der Waals surface area contributed by atoms with Crippen molar-refractivity contribution >= 4 is 5.82 Å². The Balaban J connectivity index is 1.44. The van der Waals surface area contributed by atoms with E-state index in [2.05, 4.69) is 38.4 Å². The minimum absolute atomic E-state index is 0.366. The Bertz CT molecular complexity index is 746. The second-order valence-corrected chi connectivity index (χ2v) is 6.98. The van der Waals surface area contributed by atoms with Gasteiger partial charge in [-0.1, -0.05) is 12.1 Å². The van der Waals surface area contributed by atoms with E-state index < -0.39 is 0 Å². The van der Waals surface area contributed by atoms with E-state index in [4.69, 9.17) is 9.47 Å². The average Bonchev–Trinajstić information content (AvgIpc) is 3.09. The highest BCUT2D eigenvalue weighted by atomic mass is 16.5. The fraction of sp³-hybridized carbons (Fsp3) is 0.500. The molecule has 3 heterocycles. The van der Waals surface area contributed by atoms with Crippen molar-refractivity contribution in [2.75, 3.05) is 38.7 Å². The molecule has 0 spiro atoms. The first-order chi connectivity index (χ1) is 12.8. The lowest BCUT2D eigenvalue weighted by Gasteiger charge is -2.20. The zero-order valence-electron chi connectivity index (χ0n) is 15.3. The number of fused-ring (bicyclic) bond motifs is 1. The summed E-state index contributed by atoms with van der Waals surface area (Å²) in [7, 11) is 1.71. The molecule has 4 rings (SSSR count). The van der Waals surface area contributed by atoms with Gasteiger partial charge < -0.3 is 14.8 Å². The van der Waals surface area contributed by atoms with E-state index in [9.17, 15) is 0 Å². The van der Waals surface area contributed by atoms with Gasteiger partial charge in [0.15, 0.2) is 0 Å². The number of methoxy groups -OCH3 is 1. The molecular weight excluding hydrogens is 328 g/mol. The number of hydrogen-bond donors (Lipinski definition) is 1. The Morgan fingerprint density at radius 2 is 2.19 bits per heavy atom. The Labute approximate surface area is 154 Å². The van der Waals surface area contributed by atoms with Crippen LogP contribution in [0, 0.1) is 0 Å². The predicted molar refractivity (Wildman–Crippen MR) is 101 cm³/mol. The third-order valence-electron chi connectivity index (χ3n) is 5.19. The highest BCUT2D eigenvalue weighted by Gasteiger charge is 2.22. The maximum Gasteiger partial charge on any atom is 0.133 e. The first-order valence-electron chi connectivity index (χ1n) is 9.34. The first kappa shape index (κ1) is 17.2. The van der Waals surface area contributed by atoms with Crippen LogP contribution in [0.1, 0.15) is 23.2 Å². The van der Waals surface area contributed by atoms with Gasteiger partial charge in [0, 0.05) is 38.2 Å². The second-order valence-electron chi connectivity index (χ2n) is 6.98. The lowest BCUT2D eigenvalue weighted by atomic mass is 10.1. The van der Waals surface area contributed by atoms with Crippen LogP contribution in [0.5, 0.6) is 5.75 Å². The van der Waals surface area contributed by atoms with Crippen molar-refractivity contribution in [1.29, 1.82) is 0 Å². The highest BCUT2D eigenvalue weighted by molar-refractivity contribution is 5.47. The maximum atomic E-state index is 5.48. The third kappa shape index (κ3) is 3.97. The predicted octanol–water partition coefficient (Wildman–Crippen LogP) is 2.29. The van der Waals surface area contributed by atoms with Crippen LogP contribution in [0.3, 0.4) is 0 Å². The van der Waals surface area contributed by atoms with Crippen molar-refractivity contribution < 1.29 is 9.47 Å². The van der Waals surface area contributed by atoms with E-state index in [1.54, 1.807) is 13.4 Å². The Morgan fingerprint density at radius 1 is 1.27 bits per heavy atom. The highest BCUT2D eigenvalue weighted by Crippen LogP contribution is 2.23. The molecule has 0 aliphatic carbocycles. The van der Waals surface area contributed by atoms with Crippen LogP contribution in [0.15, 0.2) is 30.6 Å². The molecule has 0 saturated carbocycles. The van der Waals surface area contributed by atoms with Gasteiger partial charge in [0.05, 0.1) is 25.5 Å². The van der Waals surface area contributed by atoms with Gasteiger partial charge >= 0.3 is 0 Å². The standard InChI is InChI=1S/C20H26N4O2/c1-25-17-4-2-3-15(11-17)12-24-8-5-18-19(6-9-24)21-14-22-20(18)23-16-7-10-26-13-16/h2-4,11,14,16H,5-10,12-13H2,1H3,(H,21,22,23)/t16-/m0/s1. The van der Waals surface area contributed by atoms with Crippen molar-refractivity contribution in [2.45, 2.75) is 31.8 Å². The van der Waals surface area contributed by atoms with Gasteiger partial charge in [-0.15, -0.1) is 0 Å². The maximum absolute atomic E-state index is 5.48. The number of rotatable bonds is 5. The molecule has 0 radical (unpaired) electrons. The summed E-state index contributed by atoms with van der Waals surface area (Å²) in [4.78, 5) is 11.6. The van der Waals surface area contributed by atoms with Crippen molar-refractivity contribution in [1.82, 2.24) is 14.9 Å². The monoisotopic (exact) mass is 354 g/mol. The van der Waals surface area contributed by atoms with Gasteiger partial charge in [0.25, 0.3) is 0 Å². The van der Waals surface area contributed by atoms with E-state index in [-0.39, 0.29) is 0 Å². The van der Waals surface area contributed by atoms with Crippen LogP contribution < -0.4 is 10.1 Å². The summed E-state index contributed by atoms with van der Waals surface area (Å²) in [5, 5.41) is 3.57. The van der Waals surface area contributed by atoms with Crippen molar-refractivity contribution in [3.05, 3.63) is 47.4 Å². The number of nitrogens with zero attached hydrogens (tertiary/aromatic N) is 3. The molecule has 26 heavy (non-hydrogen) atoms. The molecule has 138 valence electrons. The summed E-state index contributed by atoms with van der Waals surface area (Å²) in [6, 6.07) is 8.68. The van der Waals surface area contributed by atoms with Gasteiger partial charge in [-0.05, 0) is 30.5 Å². The van der Waals surface area contributed by atoms with Gasteiger partial charge in [-0.2, -0.15) is 0 Å². The van der Waals surface area contributed by atoms with Crippen LogP contribution in [0.2, 0.25) is 0 Å². The van der Waals surface area contributed by atoms with Crippen LogP contribution in [0.25, 0.3) is 0 Å². The summed E-state index contributed by atoms with van der Waals surface area (Å²) in [6.45, 7) is 4.54. The molecule has 1 saturated heterocycles. The summed E-state index contributed by atoms with van der Waals surface area (Å²) < 4.78 is 10.8. The summed E-state index contributed by atoms with van der Waals surface area (Å²) in [5.41, 5.74) is 3.73. The Morgan fingerprint density at radius 3 is 3.04 bits per heavy atom. The third-order valence-corrected chi connectivity index (χ3v) is 5.19. The topological polar surface area (TPSA) is 59.5 Å². The molecule has 0 amide bonds. The molecule has 1 aromatic heterocycles. The molecule has 2 aliphatic rings. The van der Waals surface area contributed by atoms with Crippen LogP contribution in [-0.4, -0.2) is 54.3 Å². The smallest absolute Gasteiger partial charge is 0.133 e. The molecule has 6 nitrogen and oxygen atoms in total. The second kappa shape index (κ2) is 8.01. The zero-order chi connectivity index (χ0) is 17.8. The van der Waals surface area contributed by atoms with Gasteiger partial charge in [0.1, 0.15) is 17.9 Å². The first-order valence-corrected chi connectivity index (χ1v) is 9.34. The van der Waals surface area contributed by atoms with Crippen LogP contribution in [0.4, 0.5) is 5.82 Å². The van der Waals surface area contributed by atoms with Gasteiger partial charge in [-0.25, -0.2) is 9.97 Å². The van der Waals surface area contributed by atoms with Crippen molar-refractivity contribution in [3.8, 4) is 5.75 Å². The normalized spacial score (nSPS) is 20.4. The van der Waals surface area contributed by atoms with Gasteiger partial charge in [0.2, 0.25) is 0 Å². The van der Waals surface area contributed by atoms with E-state index in [1.807, 2.05) is 6.07 Å². The SMILES string of the molecule is COc1cccc(CN2CCc3ncnc(N[C@H]4CCOC4)c3CC2)c1. The number of benzene rings is 1. The fourth-order valence-corrected chi connectivity index (χ4v) is 3.73. The van der Waals surface area contributed by atoms with Gasteiger partial charge in [-0.3, -0.25) is 4.90 Å². The molecule has 1 fully saturated rings. The van der Waals surface area contributed by atoms with E-state index >= 15 is 0 Å². The molecule has 1 N–H and O–H groups in total. The summed E-state index contributed by atoms with van der Waals surface area (Å²) in [5.74, 6) is 1.91.